The van der Waals surface area contributed by atoms with E-state index in [4.69, 9.17) is 17.3 Å². The van der Waals surface area contributed by atoms with Gasteiger partial charge in [0.05, 0.1) is 0 Å². The van der Waals surface area contributed by atoms with Crippen molar-refractivity contribution in [2.24, 2.45) is 0 Å². The van der Waals surface area contributed by atoms with Crippen LogP contribution in [0.25, 0.3) is 0 Å². The van der Waals surface area contributed by atoms with E-state index in [1.807, 2.05) is 31.2 Å². The Balaban J connectivity index is 2.14. The summed E-state index contributed by atoms with van der Waals surface area (Å²) < 4.78 is 0. The van der Waals surface area contributed by atoms with Gasteiger partial charge in [0.1, 0.15) is 5.82 Å². The largest absolute Gasteiger partial charge is 0.384 e. The summed E-state index contributed by atoms with van der Waals surface area (Å²) in [6, 6.07) is 10.7. The molecule has 0 atom stereocenters. The van der Waals surface area contributed by atoms with Crippen molar-refractivity contribution in [1.29, 1.82) is 0 Å². The van der Waals surface area contributed by atoms with Gasteiger partial charge in [0.2, 0.25) is 0 Å². The number of nitrogen functional groups attached to an aromatic ring is 1. The van der Waals surface area contributed by atoms with Crippen LogP contribution in [0.5, 0.6) is 0 Å². The minimum absolute atomic E-state index is 0.0860. The van der Waals surface area contributed by atoms with E-state index in [0.29, 0.717) is 22.9 Å². The number of pyridine rings is 1. The van der Waals surface area contributed by atoms with Gasteiger partial charge in [-0.3, -0.25) is 4.79 Å². The first-order valence-corrected chi connectivity index (χ1v) is 6.57. The average Bonchev–Trinajstić information content (AvgIpc) is 2.39. The number of nitrogens with zero attached hydrogens (tertiary/aromatic N) is 2. The van der Waals surface area contributed by atoms with Crippen molar-refractivity contribution in [1.82, 2.24) is 9.88 Å². The van der Waals surface area contributed by atoms with Crippen LogP contribution in [-0.2, 0) is 6.54 Å². The van der Waals surface area contributed by atoms with Gasteiger partial charge in [-0.2, -0.15) is 0 Å². The van der Waals surface area contributed by atoms with Crippen LogP contribution in [0.4, 0.5) is 5.82 Å². The van der Waals surface area contributed by atoms with Crippen molar-refractivity contribution in [2.75, 3.05) is 12.8 Å². The highest BCUT2D eigenvalue weighted by Gasteiger charge is 2.13. The Morgan fingerprint density at radius 1 is 1.30 bits per heavy atom. The first-order valence-electron chi connectivity index (χ1n) is 6.20. The van der Waals surface area contributed by atoms with Gasteiger partial charge in [-0.1, -0.05) is 23.7 Å². The number of halogens is 1. The maximum absolute atomic E-state index is 12.3. The maximum Gasteiger partial charge on any atom is 0.254 e. The second kappa shape index (κ2) is 5.92. The minimum Gasteiger partial charge on any atom is -0.384 e. The number of nitrogens with two attached hydrogens (primary N) is 1. The fourth-order valence-electron chi connectivity index (χ4n) is 1.97. The summed E-state index contributed by atoms with van der Waals surface area (Å²) in [7, 11) is 1.75. The van der Waals surface area contributed by atoms with Gasteiger partial charge in [0, 0.05) is 29.9 Å². The molecule has 20 heavy (non-hydrogen) atoms. The zero-order valence-electron chi connectivity index (χ0n) is 11.4. The molecule has 0 saturated carbocycles. The molecule has 0 aliphatic carbocycles. The van der Waals surface area contributed by atoms with E-state index >= 15 is 0 Å². The molecule has 1 heterocycles. The predicted molar refractivity (Wildman–Crippen MR) is 80.6 cm³/mol. The quantitative estimate of drug-likeness (QED) is 0.945. The van der Waals surface area contributed by atoms with Crippen molar-refractivity contribution in [3.8, 4) is 0 Å². The minimum atomic E-state index is -0.0860. The zero-order chi connectivity index (χ0) is 14.7. The molecule has 0 aliphatic rings. The summed E-state index contributed by atoms with van der Waals surface area (Å²) in [5.74, 6) is 0.269. The van der Waals surface area contributed by atoms with Gasteiger partial charge < -0.3 is 10.6 Å². The number of hydrogen-bond donors (Lipinski definition) is 1. The molecule has 0 bridgehead atoms. The molecule has 2 rings (SSSR count). The second-order valence-electron chi connectivity index (χ2n) is 4.71. The van der Waals surface area contributed by atoms with Crippen LogP contribution in [0.15, 0.2) is 36.4 Å². The number of rotatable bonds is 3. The number of hydrogen-bond acceptors (Lipinski definition) is 3. The first-order chi connectivity index (χ1) is 9.45. The summed E-state index contributed by atoms with van der Waals surface area (Å²) in [6.45, 7) is 2.32. The summed E-state index contributed by atoms with van der Waals surface area (Å²) in [5.41, 5.74) is 7.97. The lowest BCUT2D eigenvalue weighted by Gasteiger charge is -2.17. The molecule has 1 amide bonds. The number of aromatic nitrogens is 1. The van der Waals surface area contributed by atoms with Crippen LogP contribution in [0, 0.1) is 6.92 Å². The van der Waals surface area contributed by atoms with E-state index in [0.717, 1.165) is 11.3 Å². The molecular formula is C15H16ClN3O. The summed E-state index contributed by atoms with van der Waals surface area (Å²) in [6.07, 6.45) is 0. The van der Waals surface area contributed by atoms with Gasteiger partial charge >= 0.3 is 0 Å². The molecule has 0 spiro atoms. The van der Waals surface area contributed by atoms with Gasteiger partial charge in [0.25, 0.3) is 5.91 Å². The number of carbonyl (C=O) groups is 1. The first kappa shape index (κ1) is 14.3. The fourth-order valence-corrected chi connectivity index (χ4v) is 2.10. The van der Waals surface area contributed by atoms with Crippen LogP contribution in [0.2, 0.25) is 5.02 Å². The Morgan fingerprint density at radius 3 is 2.55 bits per heavy atom. The fraction of sp³-hybridized carbons (Fsp3) is 0.200. The average molecular weight is 290 g/mol. The topological polar surface area (TPSA) is 59.2 Å². The van der Waals surface area contributed by atoms with Gasteiger partial charge in [0.15, 0.2) is 0 Å². The van der Waals surface area contributed by atoms with E-state index < -0.39 is 0 Å². The molecule has 0 saturated heterocycles. The molecule has 0 unspecified atom stereocenters. The van der Waals surface area contributed by atoms with Crippen molar-refractivity contribution in [3.05, 3.63) is 58.2 Å². The number of anilines is 1. The third-order valence-electron chi connectivity index (χ3n) is 2.90. The highest BCUT2D eigenvalue weighted by Crippen LogP contribution is 2.14. The lowest BCUT2D eigenvalue weighted by atomic mass is 10.1. The highest BCUT2D eigenvalue weighted by molar-refractivity contribution is 6.30. The third kappa shape index (κ3) is 3.48. The van der Waals surface area contributed by atoms with Gasteiger partial charge in [-0.05, 0) is 36.8 Å². The summed E-state index contributed by atoms with van der Waals surface area (Å²) >= 11 is 5.84. The Labute approximate surface area is 123 Å². The van der Waals surface area contributed by atoms with Crippen molar-refractivity contribution < 1.29 is 4.79 Å². The van der Waals surface area contributed by atoms with E-state index in [1.165, 1.54) is 0 Å². The van der Waals surface area contributed by atoms with Crippen LogP contribution in [0.3, 0.4) is 0 Å². The van der Waals surface area contributed by atoms with Crippen molar-refractivity contribution in [3.63, 3.8) is 0 Å². The molecule has 0 fully saturated rings. The monoisotopic (exact) mass is 289 g/mol. The van der Waals surface area contributed by atoms with Gasteiger partial charge in [-0.15, -0.1) is 0 Å². The molecule has 1 aromatic carbocycles. The van der Waals surface area contributed by atoms with E-state index in [1.54, 1.807) is 24.1 Å². The molecule has 0 radical (unpaired) electrons. The van der Waals surface area contributed by atoms with Crippen LogP contribution in [-0.4, -0.2) is 22.8 Å². The standard InChI is InChI=1S/C15H16ClN3O/c1-10-7-12(8-14(17)18-10)15(20)19(2)9-11-3-5-13(16)6-4-11/h3-8H,9H2,1-2H3,(H2,17,18). The predicted octanol–water partition coefficient (Wildman–Crippen LogP) is 2.90. The van der Waals surface area contributed by atoms with Crippen LogP contribution < -0.4 is 5.73 Å². The van der Waals surface area contributed by atoms with E-state index in [2.05, 4.69) is 4.98 Å². The van der Waals surface area contributed by atoms with E-state index in [-0.39, 0.29) is 5.91 Å². The number of carbonyl (C=O) groups excluding carboxylic acids is 1. The lowest BCUT2D eigenvalue weighted by Crippen LogP contribution is -2.26. The number of aryl methyl sites for hydroxylation is 1. The Morgan fingerprint density at radius 2 is 1.95 bits per heavy atom. The maximum atomic E-state index is 12.3. The summed E-state index contributed by atoms with van der Waals surface area (Å²) in [4.78, 5) is 18.0. The molecule has 1 aromatic heterocycles. The molecule has 104 valence electrons. The Hall–Kier alpha value is -2.07. The van der Waals surface area contributed by atoms with Crippen LogP contribution in [0.1, 0.15) is 21.6 Å². The third-order valence-corrected chi connectivity index (χ3v) is 3.15. The van der Waals surface area contributed by atoms with E-state index in [9.17, 15) is 4.79 Å². The zero-order valence-corrected chi connectivity index (χ0v) is 12.2. The normalized spacial score (nSPS) is 10.3. The molecule has 4 nitrogen and oxygen atoms in total. The smallest absolute Gasteiger partial charge is 0.254 e. The number of benzene rings is 1. The SMILES string of the molecule is Cc1cc(C(=O)N(C)Cc2ccc(Cl)cc2)cc(N)n1. The number of amides is 1. The molecule has 0 aliphatic heterocycles. The Kier molecular flexibility index (Phi) is 4.25. The Bertz CT molecular complexity index is 605. The molecule has 2 aromatic rings. The molecule has 2 N–H and O–H groups in total. The highest BCUT2D eigenvalue weighted by atomic mass is 35.5. The summed E-state index contributed by atoms with van der Waals surface area (Å²) in [5, 5.41) is 0.681. The van der Waals surface area contributed by atoms with Crippen LogP contribution >= 0.6 is 11.6 Å². The van der Waals surface area contributed by atoms with Crippen molar-refractivity contribution >= 4 is 23.3 Å². The van der Waals surface area contributed by atoms with Gasteiger partial charge in [-0.25, -0.2) is 4.98 Å². The molecule has 5 heteroatoms. The molecular weight excluding hydrogens is 274 g/mol. The van der Waals surface area contributed by atoms with Crippen molar-refractivity contribution in [2.45, 2.75) is 13.5 Å². The second-order valence-corrected chi connectivity index (χ2v) is 5.15. The lowest BCUT2D eigenvalue weighted by molar-refractivity contribution is 0.0785.